The molecule has 0 bridgehead atoms. The van der Waals surface area contributed by atoms with Crippen LogP contribution in [-0.2, 0) is 16.0 Å². The summed E-state index contributed by atoms with van der Waals surface area (Å²) in [6.45, 7) is 6.74. The summed E-state index contributed by atoms with van der Waals surface area (Å²) < 4.78 is 0. The van der Waals surface area contributed by atoms with Gasteiger partial charge in [-0.3, -0.25) is 9.59 Å². The van der Waals surface area contributed by atoms with Crippen LogP contribution in [0.5, 0.6) is 0 Å². The third-order valence-corrected chi connectivity index (χ3v) is 7.33. The summed E-state index contributed by atoms with van der Waals surface area (Å²) in [7, 11) is 0. The molecule has 0 unspecified atom stereocenters. The van der Waals surface area contributed by atoms with E-state index in [1.165, 1.54) is 16.0 Å². The van der Waals surface area contributed by atoms with Crippen LogP contribution in [-0.4, -0.2) is 47.8 Å². The summed E-state index contributed by atoms with van der Waals surface area (Å²) in [6, 6.07) is 12.6. The maximum atomic E-state index is 13.7. The summed E-state index contributed by atoms with van der Waals surface area (Å²) >= 11 is 1.73. The molecule has 154 valence electrons. The van der Waals surface area contributed by atoms with Crippen molar-refractivity contribution < 1.29 is 9.59 Å². The van der Waals surface area contributed by atoms with Crippen LogP contribution in [0.4, 0.5) is 0 Å². The van der Waals surface area contributed by atoms with E-state index in [1.807, 2.05) is 23.6 Å². The van der Waals surface area contributed by atoms with Gasteiger partial charge in [0.1, 0.15) is 0 Å². The van der Waals surface area contributed by atoms with E-state index in [0.29, 0.717) is 32.6 Å². The monoisotopic (exact) mass is 410 g/mol. The van der Waals surface area contributed by atoms with Crippen LogP contribution in [0.15, 0.2) is 41.8 Å². The second kappa shape index (κ2) is 8.31. The molecular weight excluding hydrogens is 380 g/mol. The zero-order valence-electron chi connectivity index (χ0n) is 17.4. The third-order valence-electron chi connectivity index (χ3n) is 6.43. The van der Waals surface area contributed by atoms with Crippen molar-refractivity contribution in [3.63, 3.8) is 0 Å². The van der Waals surface area contributed by atoms with Gasteiger partial charge in [-0.1, -0.05) is 30.3 Å². The number of nitrogens with zero attached hydrogens (tertiary/aromatic N) is 2. The predicted molar refractivity (Wildman–Crippen MR) is 118 cm³/mol. The van der Waals surface area contributed by atoms with Gasteiger partial charge in [0.15, 0.2) is 0 Å². The zero-order valence-corrected chi connectivity index (χ0v) is 18.2. The molecule has 0 radical (unpaired) electrons. The maximum absolute atomic E-state index is 13.7. The number of hydrogen-bond acceptors (Lipinski definition) is 3. The van der Waals surface area contributed by atoms with Gasteiger partial charge in [-0.05, 0) is 62.1 Å². The molecule has 2 fully saturated rings. The number of carbonyl (C=O) groups is 2. The van der Waals surface area contributed by atoms with Crippen molar-refractivity contribution in [1.29, 1.82) is 0 Å². The average molecular weight is 411 g/mol. The smallest absolute Gasteiger partial charge is 0.230 e. The minimum atomic E-state index is -0.524. The highest BCUT2D eigenvalue weighted by molar-refractivity contribution is 7.13. The topological polar surface area (TPSA) is 40.6 Å². The molecule has 2 heterocycles. The molecular formula is C24H30N2O2S. The van der Waals surface area contributed by atoms with Gasteiger partial charge < -0.3 is 9.80 Å². The zero-order chi connectivity index (χ0) is 20.4. The van der Waals surface area contributed by atoms with Gasteiger partial charge in [-0.15, -0.1) is 11.3 Å². The first-order valence-corrected chi connectivity index (χ1v) is 11.7. The molecule has 1 saturated heterocycles. The fraction of sp³-hybridized carbons (Fsp3) is 0.500. The Morgan fingerprint density at radius 3 is 2.55 bits per heavy atom. The van der Waals surface area contributed by atoms with Crippen molar-refractivity contribution >= 4 is 23.2 Å². The Kier molecular flexibility index (Phi) is 5.77. The van der Waals surface area contributed by atoms with Gasteiger partial charge in [0, 0.05) is 37.0 Å². The van der Waals surface area contributed by atoms with E-state index in [4.69, 9.17) is 0 Å². The molecule has 4 rings (SSSR count). The fourth-order valence-corrected chi connectivity index (χ4v) is 5.39. The number of benzene rings is 1. The standard InChI is InChI=1S/C24H30N2O2S/c1-3-25(4-2)23(28)24(13-14-26(17-24)22(27)18-11-12-18)16-19-8-5-6-9-20(19)21-10-7-15-29-21/h5-10,15,18H,3-4,11-14,16-17H2,1-2H3/t24-/m1/s1. The van der Waals surface area contributed by atoms with Crippen molar-refractivity contribution in [3.8, 4) is 10.4 Å². The van der Waals surface area contributed by atoms with E-state index in [9.17, 15) is 9.59 Å². The van der Waals surface area contributed by atoms with Crippen LogP contribution in [0.25, 0.3) is 10.4 Å². The van der Waals surface area contributed by atoms with E-state index < -0.39 is 5.41 Å². The van der Waals surface area contributed by atoms with Gasteiger partial charge in [0.25, 0.3) is 0 Å². The summed E-state index contributed by atoms with van der Waals surface area (Å²) in [5, 5.41) is 2.09. The normalized spacial score (nSPS) is 21.4. The second-order valence-corrected chi connectivity index (χ2v) is 9.30. The molecule has 2 amide bonds. The van der Waals surface area contributed by atoms with Crippen molar-refractivity contribution in [1.82, 2.24) is 9.80 Å². The van der Waals surface area contributed by atoms with Crippen LogP contribution in [0.1, 0.15) is 38.7 Å². The summed E-state index contributed by atoms with van der Waals surface area (Å²) in [5.74, 6) is 0.660. The molecule has 2 aliphatic rings. The quantitative estimate of drug-likeness (QED) is 0.676. The average Bonchev–Trinajstić information content (AvgIpc) is 3.27. The molecule has 29 heavy (non-hydrogen) atoms. The Balaban J connectivity index is 1.67. The van der Waals surface area contributed by atoms with Crippen LogP contribution in [0, 0.1) is 11.3 Å². The Morgan fingerprint density at radius 2 is 1.90 bits per heavy atom. The first-order chi connectivity index (χ1) is 14.1. The first-order valence-electron chi connectivity index (χ1n) is 10.8. The number of thiophene rings is 1. The Morgan fingerprint density at radius 1 is 1.14 bits per heavy atom. The highest BCUT2D eigenvalue weighted by Gasteiger charge is 2.49. The SMILES string of the molecule is CCN(CC)C(=O)[C@@]1(Cc2ccccc2-c2cccs2)CCN(C(=O)C2CC2)C1. The van der Waals surface area contributed by atoms with Gasteiger partial charge in [0.05, 0.1) is 5.41 Å². The van der Waals surface area contributed by atoms with Crippen LogP contribution < -0.4 is 0 Å². The lowest BCUT2D eigenvalue weighted by Gasteiger charge is -2.34. The third kappa shape index (κ3) is 3.97. The highest BCUT2D eigenvalue weighted by Crippen LogP contribution is 2.41. The maximum Gasteiger partial charge on any atom is 0.230 e. The van der Waals surface area contributed by atoms with Crippen LogP contribution >= 0.6 is 11.3 Å². The van der Waals surface area contributed by atoms with Gasteiger partial charge >= 0.3 is 0 Å². The summed E-state index contributed by atoms with van der Waals surface area (Å²) in [5.41, 5.74) is 1.89. The molecule has 2 aromatic rings. The van der Waals surface area contributed by atoms with E-state index in [0.717, 1.165) is 19.3 Å². The Hall–Kier alpha value is -2.14. The number of hydrogen-bond donors (Lipinski definition) is 0. The molecule has 1 atom stereocenters. The minimum Gasteiger partial charge on any atom is -0.343 e. The van der Waals surface area contributed by atoms with E-state index in [2.05, 4.69) is 41.8 Å². The van der Waals surface area contributed by atoms with Crippen molar-refractivity contribution in [3.05, 3.63) is 47.3 Å². The van der Waals surface area contributed by atoms with Crippen molar-refractivity contribution in [2.75, 3.05) is 26.2 Å². The highest BCUT2D eigenvalue weighted by atomic mass is 32.1. The molecule has 5 heteroatoms. The molecule has 4 nitrogen and oxygen atoms in total. The number of amides is 2. The van der Waals surface area contributed by atoms with Gasteiger partial charge in [-0.2, -0.15) is 0 Å². The molecule has 1 aliphatic carbocycles. The molecule has 1 aromatic heterocycles. The van der Waals surface area contributed by atoms with E-state index in [-0.39, 0.29) is 17.7 Å². The van der Waals surface area contributed by atoms with Crippen LogP contribution in [0.2, 0.25) is 0 Å². The number of carbonyl (C=O) groups excluding carboxylic acids is 2. The lowest BCUT2D eigenvalue weighted by Crippen LogP contribution is -2.47. The minimum absolute atomic E-state index is 0.202. The summed E-state index contributed by atoms with van der Waals surface area (Å²) in [6.07, 6.45) is 3.45. The van der Waals surface area contributed by atoms with E-state index in [1.54, 1.807) is 11.3 Å². The molecule has 0 spiro atoms. The Labute approximate surface area is 177 Å². The first kappa shape index (κ1) is 20.1. The second-order valence-electron chi connectivity index (χ2n) is 8.35. The molecule has 1 aromatic carbocycles. The number of rotatable bonds is 7. The lowest BCUT2D eigenvalue weighted by molar-refractivity contribution is -0.142. The largest absolute Gasteiger partial charge is 0.343 e. The molecule has 1 saturated carbocycles. The van der Waals surface area contributed by atoms with E-state index >= 15 is 0 Å². The molecule has 0 N–H and O–H groups in total. The Bertz CT molecular complexity index is 871. The lowest BCUT2D eigenvalue weighted by atomic mass is 9.78. The molecule has 1 aliphatic heterocycles. The van der Waals surface area contributed by atoms with Crippen molar-refractivity contribution in [2.24, 2.45) is 11.3 Å². The fourth-order valence-electron chi connectivity index (χ4n) is 4.60. The summed E-state index contributed by atoms with van der Waals surface area (Å²) in [4.78, 5) is 31.6. The van der Waals surface area contributed by atoms with Gasteiger partial charge in [0.2, 0.25) is 11.8 Å². The van der Waals surface area contributed by atoms with Crippen LogP contribution in [0.3, 0.4) is 0 Å². The van der Waals surface area contributed by atoms with Crippen molar-refractivity contribution in [2.45, 2.75) is 39.5 Å². The predicted octanol–water partition coefficient (Wildman–Crippen LogP) is 4.45. The van der Waals surface area contributed by atoms with Gasteiger partial charge in [-0.25, -0.2) is 0 Å². The number of likely N-dealkylation sites (tertiary alicyclic amines) is 1.